The van der Waals surface area contributed by atoms with E-state index in [-0.39, 0.29) is 5.78 Å². The van der Waals surface area contributed by atoms with E-state index in [4.69, 9.17) is 11.6 Å². The van der Waals surface area contributed by atoms with Crippen molar-refractivity contribution in [3.63, 3.8) is 0 Å². The average Bonchev–Trinajstić information content (AvgIpc) is 2.71. The molecule has 1 heterocycles. The number of carbonyl (C=O) groups excluding carboxylic acids is 1. The molecular formula is C13H17ClN2O. The van der Waals surface area contributed by atoms with Crippen molar-refractivity contribution in [3.8, 4) is 0 Å². The molecule has 0 radical (unpaired) electrons. The number of nitrogens with zero attached hydrogens (tertiary/aromatic N) is 2. The predicted molar refractivity (Wildman–Crippen MR) is 68.4 cm³/mol. The second kappa shape index (κ2) is 5.50. The molecule has 3 nitrogen and oxygen atoms in total. The lowest BCUT2D eigenvalue weighted by atomic mass is 9.94. The first-order valence-corrected chi connectivity index (χ1v) is 6.55. The van der Waals surface area contributed by atoms with Crippen LogP contribution in [-0.4, -0.2) is 15.6 Å². The lowest BCUT2D eigenvalue weighted by molar-refractivity contribution is 0.103. The topological polar surface area (TPSA) is 34.9 Å². The number of ketones is 1. The Morgan fingerprint density at radius 2 is 2.18 bits per heavy atom. The maximum atomic E-state index is 12.2. The highest BCUT2D eigenvalue weighted by Gasteiger charge is 2.16. The van der Waals surface area contributed by atoms with Crippen molar-refractivity contribution in [2.75, 3.05) is 0 Å². The highest BCUT2D eigenvalue weighted by atomic mass is 35.5. The molecule has 0 saturated heterocycles. The Morgan fingerprint density at radius 3 is 2.82 bits per heavy atom. The van der Waals surface area contributed by atoms with E-state index in [1.54, 1.807) is 10.8 Å². The van der Waals surface area contributed by atoms with Gasteiger partial charge in [-0.25, -0.2) is 0 Å². The van der Waals surface area contributed by atoms with Crippen molar-refractivity contribution in [2.45, 2.75) is 45.6 Å². The molecule has 17 heavy (non-hydrogen) atoms. The zero-order valence-corrected chi connectivity index (χ0v) is 10.8. The summed E-state index contributed by atoms with van der Waals surface area (Å²) < 4.78 is 1.66. The molecule has 1 aliphatic rings. The number of carbonyl (C=O) groups is 1. The van der Waals surface area contributed by atoms with Crippen LogP contribution in [0.3, 0.4) is 0 Å². The number of aromatic nitrogens is 2. The minimum atomic E-state index is -0.00810. The van der Waals surface area contributed by atoms with E-state index in [0.717, 1.165) is 12.8 Å². The van der Waals surface area contributed by atoms with Crippen LogP contribution in [0, 0.1) is 0 Å². The molecule has 1 saturated carbocycles. The van der Waals surface area contributed by atoms with Crippen molar-refractivity contribution in [2.24, 2.45) is 0 Å². The van der Waals surface area contributed by atoms with Gasteiger partial charge in [0.15, 0.2) is 0 Å². The normalized spacial score (nSPS) is 16.0. The second-order valence-corrected chi connectivity index (χ2v) is 4.79. The summed E-state index contributed by atoms with van der Waals surface area (Å²) in [6.07, 6.45) is 9.05. The molecule has 0 unspecified atom stereocenters. The molecule has 0 atom stereocenters. The average molecular weight is 253 g/mol. The quantitative estimate of drug-likeness (QED) is 0.608. The van der Waals surface area contributed by atoms with Gasteiger partial charge in [0.05, 0.1) is 11.2 Å². The Hall–Kier alpha value is -1.09. The number of hydrogen-bond acceptors (Lipinski definition) is 2. The van der Waals surface area contributed by atoms with E-state index in [1.807, 2.05) is 6.92 Å². The Labute approximate surface area is 106 Å². The van der Waals surface area contributed by atoms with Crippen LogP contribution in [0.2, 0.25) is 5.02 Å². The SMILES string of the molecule is CCn1ncc(Cl)c1C(=O)C=C1CCCCC1. The monoisotopic (exact) mass is 252 g/mol. The Bertz CT molecular complexity index is 440. The molecule has 0 bridgehead atoms. The number of allylic oxidation sites excluding steroid dienone is 2. The first-order valence-electron chi connectivity index (χ1n) is 6.17. The zero-order valence-electron chi connectivity index (χ0n) is 10.1. The number of hydrogen-bond donors (Lipinski definition) is 0. The zero-order chi connectivity index (χ0) is 12.3. The molecule has 0 amide bonds. The van der Waals surface area contributed by atoms with Gasteiger partial charge in [-0.3, -0.25) is 9.48 Å². The second-order valence-electron chi connectivity index (χ2n) is 4.38. The highest BCUT2D eigenvalue weighted by molar-refractivity contribution is 6.34. The summed E-state index contributed by atoms with van der Waals surface area (Å²) in [6.45, 7) is 2.62. The van der Waals surface area contributed by atoms with E-state index in [2.05, 4.69) is 5.10 Å². The van der Waals surface area contributed by atoms with E-state index >= 15 is 0 Å². The largest absolute Gasteiger partial charge is 0.287 e. The van der Waals surface area contributed by atoms with Gasteiger partial charge in [-0.05, 0) is 38.7 Å². The van der Waals surface area contributed by atoms with Crippen LogP contribution >= 0.6 is 11.6 Å². The van der Waals surface area contributed by atoms with Gasteiger partial charge in [0.25, 0.3) is 0 Å². The van der Waals surface area contributed by atoms with Crippen molar-refractivity contribution < 1.29 is 4.79 Å². The fraction of sp³-hybridized carbons (Fsp3) is 0.538. The Morgan fingerprint density at radius 1 is 1.47 bits per heavy atom. The maximum Gasteiger partial charge on any atom is 0.205 e. The third-order valence-electron chi connectivity index (χ3n) is 3.16. The lowest BCUT2D eigenvalue weighted by Crippen LogP contribution is -2.09. The van der Waals surface area contributed by atoms with E-state index < -0.39 is 0 Å². The van der Waals surface area contributed by atoms with E-state index in [0.29, 0.717) is 17.3 Å². The van der Waals surface area contributed by atoms with Crippen LogP contribution < -0.4 is 0 Å². The van der Waals surface area contributed by atoms with Crippen LogP contribution in [0.5, 0.6) is 0 Å². The van der Waals surface area contributed by atoms with Gasteiger partial charge in [0.2, 0.25) is 5.78 Å². The van der Waals surface area contributed by atoms with Crippen LogP contribution in [0.1, 0.15) is 49.5 Å². The van der Waals surface area contributed by atoms with Gasteiger partial charge < -0.3 is 0 Å². The molecule has 1 aliphatic carbocycles. The van der Waals surface area contributed by atoms with Gasteiger partial charge in [-0.15, -0.1) is 0 Å². The minimum Gasteiger partial charge on any atom is -0.287 e. The molecule has 1 fully saturated rings. The molecular weight excluding hydrogens is 236 g/mol. The fourth-order valence-corrected chi connectivity index (χ4v) is 2.49. The Kier molecular flexibility index (Phi) is 4.00. The van der Waals surface area contributed by atoms with Crippen LogP contribution in [0.4, 0.5) is 0 Å². The number of halogens is 1. The van der Waals surface area contributed by atoms with Crippen molar-refractivity contribution in [1.82, 2.24) is 9.78 Å². The predicted octanol–water partition coefficient (Wildman–Crippen LogP) is 3.63. The molecule has 0 spiro atoms. The van der Waals surface area contributed by atoms with Gasteiger partial charge >= 0.3 is 0 Å². The van der Waals surface area contributed by atoms with E-state index in [1.165, 1.54) is 31.0 Å². The molecule has 1 aromatic heterocycles. The molecule has 0 aliphatic heterocycles. The maximum absolute atomic E-state index is 12.2. The van der Waals surface area contributed by atoms with Crippen molar-refractivity contribution in [3.05, 3.63) is 28.6 Å². The van der Waals surface area contributed by atoms with Crippen molar-refractivity contribution >= 4 is 17.4 Å². The van der Waals surface area contributed by atoms with Crippen LogP contribution in [0.25, 0.3) is 0 Å². The third-order valence-corrected chi connectivity index (χ3v) is 3.44. The lowest BCUT2D eigenvalue weighted by Gasteiger charge is -2.13. The molecule has 1 aromatic rings. The van der Waals surface area contributed by atoms with Gasteiger partial charge in [0, 0.05) is 6.54 Å². The minimum absolute atomic E-state index is 0.00810. The molecule has 4 heteroatoms. The summed E-state index contributed by atoms with van der Waals surface area (Å²) in [5.74, 6) is -0.00810. The standard InChI is InChI=1S/C13H17ClN2O/c1-2-16-13(11(14)9-15-16)12(17)8-10-6-4-3-5-7-10/h8-9H,2-7H2,1H3. The molecule has 0 aromatic carbocycles. The summed E-state index contributed by atoms with van der Waals surface area (Å²) in [5, 5.41) is 4.53. The third kappa shape index (κ3) is 2.78. The molecule has 2 rings (SSSR count). The van der Waals surface area contributed by atoms with Crippen LogP contribution in [-0.2, 0) is 6.54 Å². The summed E-state index contributed by atoms with van der Waals surface area (Å²) in [6, 6.07) is 0. The van der Waals surface area contributed by atoms with Gasteiger partial charge in [-0.1, -0.05) is 23.6 Å². The van der Waals surface area contributed by atoms with Crippen molar-refractivity contribution in [1.29, 1.82) is 0 Å². The van der Waals surface area contributed by atoms with E-state index in [9.17, 15) is 4.79 Å². The molecule has 0 N–H and O–H groups in total. The Balaban J connectivity index is 2.21. The summed E-state index contributed by atoms with van der Waals surface area (Å²) >= 11 is 6.00. The number of rotatable bonds is 3. The summed E-state index contributed by atoms with van der Waals surface area (Å²) in [7, 11) is 0. The summed E-state index contributed by atoms with van der Waals surface area (Å²) in [5.41, 5.74) is 1.77. The number of aryl methyl sites for hydroxylation is 1. The highest BCUT2D eigenvalue weighted by Crippen LogP contribution is 2.24. The fourth-order valence-electron chi connectivity index (χ4n) is 2.25. The van der Waals surface area contributed by atoms with Gasteiger partial charge in [0.1, 0.15) is 5.69 Å². The summed E-state index contributed by atoms with van der Waals surface area (Å²) in [4.78, 5) is 12.2. The first kappa shape index (κ1) is 12.4. The smallest absolute Gasteiger partial charge is 0.205 e. The molecule has 92 valence electrons. The first-order chi connectivity index (χ1) is 8.22. The van der Waals surface area contributed by atoms with Gasteiger partial charge in [-0.2, -0.15) is 5.10 Å². The van der Waals surface area contributed by atoms with Crippen LogP contribution in [0.15, 0.2) is 17.8 Å².